The van der Waals surface area contributed by atoms with Crippen LogP contribution in [0.1, 0.15) is 45.7 Å². The lowest BCUT2D eigenvalue weighted by Gasteiger charge is -2.01. The van der Waals surface area contributed by atoms with E-state index in [4.69, 9.17) is 5.11 Å². The number of hydrogen-bond acceptors (Lipinski definition) is 1. The molecule has 82 valence electrons. The second-order valence-corrected chi connectivity index (χ2v) is 2.46. The molecule has 0 saturated heterocycles. The molecule has 1 heteroatoms. The number of rotatable bonds is 1. The van der Waals surface area contributed by atoms with E-state index in [-0.39, 0.29) is 0 Å². The summed E-state index contributed by atoms with van der Waals surface area (Å²) in [6.45, 7) is 12.1. The van der Waals surface area contributed by atoms with E-state index in [0.717, 1.165) is 6.42 Å². The van der Waals surface area contributed by atoms with E-state index in [1.807, 2.05) is 39.8 Å². The summed E-state index contributed by atoms with van der Waals surface area (Å²) in [6.07, 6.45) is 0.986. The Kier molecular flexibility index (Phi) is 11.2. The number of phenolic OH excluding ortho intramolecular Hbond substituents is 1. The van der Waals surface area contributed by atoms with Crippen molar-refractivity contribution < 1.29 is 5.11 Å². The predicted octanol–water partition coefficient (Wildman–Crippen LogP) is 4.32. The highest BCUT2D eigenvalue weighted by Crippen LogP contribution is 2.15. The first-order chi connectivity index (χ1) is 6.74. The van der Waals surface area contributed by atoms with Crippen LogP contribution in [0.3, 0.4) is 0 Å². The average molecular weight is 196 g/mol. The molecule has 0 aliphatic rings. The van der Waals surface area contributed by atoms with E-state index in [9.17, 15) is 0 Å². The molecule has 0 aliphatic carbocycles. The lowest BCUT2D eigenvalue weighted by atomic mass is 10.1. The SMILES string of the molecule is CC.CC.CCc1cc(O)ccc1C. The Morgan fingerprint density at radius 3 is 1.93 bits per heavy atom. The lowest BCUT2D eigenvalue weighted by molar-refractivity contribution is 0.474. The third-order valence-corrected chi connectivity index (χ3v) is 1.71. The van der Waals surface area contributed by atoms with E-state index in [1.165, 1.54) is 11.1 Å². The second-order valence-electron chi connectivity index (χ2n) is 2.46. The average Bonchev–Trinajstić information content (AvgIpc) is 2.27. The summed E-state index contributed by atoms with van der Waals surface area (Å²) in [5.74, 6) is 0.363. The highest BCUT2D eigenvalue weighted by atomic mass is 16.3. The van der Waals surface area contributed by atoms with Gasteiger partial charge in [0.1, 0.15) is 5.75 Å². The first kappa shape index (κ1) is 15.5. The van der Waals surface area contributed by atoms with Crippen LogP contribution in [0.4, 0.5) is 0 Å². The van der Waals surface area contributed by atoms with E-state index < -0.39 is 0 Å². The molecule has 1 aromatic rings. The van der Waals surface area contributed by atoms with Crippen LogP contribution in [-0.2, 0) is 6.42 Å². The molecule has 0 fully saturated rings. The van der Waals surface area contributed by atoms with Crippen molar-refractivity contribution in [1.29, 1.82) is 0 Å². The van der Waals surface area contributed by atoms with Gasteiger partial charge >= 0.3 is 0 Å². The van der Waals surface area contributed by atoms with Crippen LogP contribution in [0.15, 0.2) is 18.2 Å². The number of hydrogen-bond donors (Lipinski definition) is 1. The van der Waals surface area contributed by atoms with Gasteiger partial charge in [0, 0.05) is 0 Å². The molecule has 0 aromatic heterocycles. The second kappa shape index (κ2) is 10.1. The molecule has 0 atom stereocenters. The minimum Gasteiger partial charge on any atom is -0.508 e. The van der Waals surface area contributed by atoms with Gasteiger partial charge in [-0.1, -0.05) is 40.7 Å². The Bertz CT molecular complexity index is 229. The van der Waals surface area contributed by atoms with Gasteiger partial charge in [-0.3, -0.25) is 0 Å². The topological polar surface area (TPSA) is 20.2 Å². The molecule has 0 bridgehead atoms. The quantitative estimate of drug-likeness (QED) is 0.709. The zero-order chi connectivity index (χ0) is 11.6. The van der Waals surface area contributed by atoms with Crippen molar-refractivity contribution in [2.24, 2.45) is 0 Å². The molecule has 1 nitrogen and oxygen atoms in total. The largest absolute Gasteiger partial charge is 0.508 e. The summed E-state index contributed by atoms with van der Waals surface area (Å²) < 4.78 is 0. The minimum absolute atomic E-state index is 0.363. The number of aryl methyl sites for hydroxylation is 2. The third kappa shape index (κ3) is 5.63. The number of benzene rings is 1. The number of aromatic hydroxyl groups is 1. The highest BCUT2D eigenvalue weighted by molar-refractivity contribution is 5.33. The Hall–Kier alpha value is -0.980. The van der Waals surface area contributed by atoms with Crippen LogP contribution >= 0.6 is 0 Å². The van der Waals surface area contributed by atoms with E-state index in [1.54, 1.807) is 6.07 Å². The molecule has 1 N–H and O–H groups in total. The van der Waals surface area contributed by atoms with Crippen molar-refractivity contribution in [2.75, 3.05) is 0 Å². The smallest absolute Gasteiger partial charge is 0.115 e. The Morgan fingerprint density at radius 1 is 1.07 bits per heavy atom. The summed E-state index contributed by atoms with van der Waals surface area (Å²) >= 11 is 0. The van der Waals surface area contributed by atoms with Gasteiger partial charge in [0.2, 0.25) is 0 Å². The maximum Gasteiger partial charge on any atom is 0.115 e. The molecule has 14 heavy (non-hydrogen) atoms. The van der Waals surface area contributed by atoms with Crippen molar-refractivity contribution in [3.05, 3.63) is 29.3 Å². The van der Waals surface area contributed by atoms with Crippen molar-refractivity contribution in [3.8, 4) is 5.75 Å². The van der Waals surface area contributed by atoms with Crippen molar-refractivity contribution >= 4 is 0 Å². The Balaban J connectivity index is 0. The molecule has 0 radical (unpaired) electrons. The van der Waals surface area contributed by atoms with Crippen LogP contribution in [0.2, 0.25) is 0 Å². The normalized spacial score (nSPS) is 7.86. The molecule has 0 unspecified atom stereocenters. The van der Waals surface area contributed by atoms with Crippen LogP contribution in [0.25, 0.3) is 0 Å². The van der Waals surface area contributed by atoms with Crippen molar-refractivity contribution in [2.45, 2.75) is 48.0 Å². The third-order valence-electron chi connectivity index (χ3n) is 1.71. The van der Waals surface area contributed by atoms with Crippen LogP contribution < -0.4 is 0 Å². The molecular weight excluding hydrogens is 172 g/mol. The fourth-order valence-electron chi connectivity index (χ4n) is 1.04. The molecule has 0 amide bonds. The number of phenols is 1. The fraction of sp³-hybridized carbons (Fsp3) is 0.538. The molecule has 0 saturated carbocycles. The zero-order valence-electron chi connectivity index (χ0n) is 10.4. The van der Waals surface area contributed by atoms with Crippen LogP contribution in [0.5, 0.6) is 5.75 Å². The molecule has 0 spiro atoms. The van der Waals surface area contributed by atoms with Gasteiger partial charge in [0.15, 0.2) is 0 Å². The van der Waals surface area contributed by atoms with Crippen LogP contribution in [0, 0.1) is 6.92 Å². The lowest BCUT2D eigenvalue weighted by Crippen LogP contribution is -1.83. The molecule has 0 heterocycles. The summed E-state index contributed by atoms with van der Waals surface area (Å²) in [4.78, 5) is 0. The van der Waals surface area contributed by atoms with E-state index in [0.29, 0.717) is 5.75 Å². The maximum absolute atomic E-state index is 9.07. The van der Waals surface area contributed by atoms with Gasteiger partial charge in [-0.25, -0.2) is 0 Å². The molecular formula is C13H24O. The van der Waals surface area contributed by atoms with Gasteiger partial charge in [-0.15, -0.1) is 0 Å². The first-order valence-corrected chi connectivity index (χ1v) is 5.52. The summed E-state index contributed by atoms with van der Waals surface area (Å²) in [6, 6.07) is 5.47. The summed E-state index contributed by atoms with van der Waals surface area (Å²) in [5.41, 5.74) is 2.47. The Morgan fingerprint density at radius 2 is 1.57 bits per heavy atom. The summed E-state index contributed by atoms with van der Waals surface area (Å²) in [5, 5.41) is 9.07. The highest BCUT2D eigenvalue weighted by Gasteiger charge is 1.95. The van der Waals surface area contributed by atoms with Gasteiger partial charge in [0.25, 0.3) is 0 Å². The van der Waals surface area contributed by atoms with E-state index in [2.05, 4.69) is 13.8 Å². The van der Waals surface area contributed by atoms with Gasteiger partial charge < -0.3 is 5.11 Å². The van der Waals surface area contributed by atoms with Crippen LogP contribution in [-0.4, -0.2) is 5.11 Å². The molecule has 0 aliphatic heterocycles. The van der Waals surface area contributed by atoms with Gasteiger partial charge in [-0.05, 0) is 36.6 Å². The summed E-state index contributed by atoms with van der Waals surface area (Å²) in [7, 11) is 0. The molecule has 1 aromatic carbocycles. The fourth-order valence-corrected chi connectivity index (χ4v) is 1.04. The Labute approximate surface area is 88.8 Å². The van der Waals surface area contributed by atoms with Crippen molar-refractivity contribution in [3.63, 3.8) is 0 Å². The first-order valence-electron chi connectivity index (χ1n) is 5.52. The predicted molar refractivity (Wildman–Crippen MR) is 64.9 cm³/mol. The monoisotopic (exact) mass is 196 g/mol. The van der Waals surface area contributed by atoms with Crippen molar-refractivity contribution in [1.82, 2.24) is 0 Å². The molecule has 1 rings (SSSR count). The van der Waals surface area contributed by atoms with Gasteiger partial charge in [0.05, 0.1) is 0 Å². The minimum atomic E-state index is 0.363. The van der Waals surface area contributed by atoms with E-state index >= 15 is 0 Å². The standard InChI is InChI=1S/C9H12O.2C2H6/c1-3-8-6-9(10)5-4-7(8)2;2*1-2/h4-6,10H,3H2,1-2H3;2*1-2H3. The van der Waals surface area contributed by atoms with Gasteiger partial charge in [-0.2, -0.15) is 0 Å². The maximum atomic E-state index is 9.07. The zero-order valence-corrected chi connectivity index (χ0v) is 10.4.